The maximum Gasteiger partial charge on any atom is 0.459 e. The number of hydrogen-bond donors (Lipinski definition) is 2. The molecule has 286 valence electrons. The predicted octanol–water partition coefficient (Wildman–Crippen LogP) is 3.60. The maximum atomic E-state index is 14.6. The van der Waals surface area contributed by atoms with Gasteiger partial charge in [0.25, 0.3) is 0 Å². The summed E-state index contributed by atoms with van der Waals surface area (Å²) in [6, 6.07) is 12.1. The second kappa shape index (κ2) is 16.6. The van der Waals surface area contributed by atoms with Crippen LogP contribution < -0.4 is 15.3 Å². The minimum atomic E-state index is -4.57. The largest absolute Gasteiger partial charge is 0.461 e. The molecule has 5 rings (SSSR count). The van der Waals surface area contributed by atoms with Gasteiger partial charge in [0.05, 0.1) is 17.5 Å². The number of nitrogens with zero attached hydrogens (tertiary/aromatic N) is 5. The topological polar surface area (TPSA) is 219 Å². The number of para-hydroxylation sites is 1. The number of nitrogen functional groups attached to an aromatic ring is 1. The average Bonchev–Trinajstić information content (AvgIpc) is 3.68. The zero-order valence-electron chi connectivity index (χ0n) is 30.5. The van der Waals surface area contributed by atoms with Crippen LogP contribution in [0.25, 0.3) is 5.52 Å². The van der Waals surface area contributed by atoms with Gasteiger partial charge in [-0.2, -0.15) is 15.4 Å². The van der Waals surface area contributed by atoms with Crippen LogP contribution in [0.3, 0.4) is 0 Å². The van der Waals surface area contributed by atoms with Crippen molar-refractivity contribution in [3.8, 4) is 11.8 Å². The smallest absolute Gasteiger partial charge is 0.459 e. The fraction of sp³-hybridized carbons (Fsp3) is 0.543. The molecule has 0 radical (unpaired) electrons. The second-order valence-electron chi connectivity index (χ2n) is 13.8. The van der Waals surface area contributed by atoms with Gasteiger partial charge in [-0.3, -0.25) is 18.9 Å². The van der Waals surface area contributed by atoms with E-state index in [-0.39, 0.29) is 23.4 Å². The van der Waals surface area contributed by atoms with Gasteiger partial charge in [-0.1, -0.05) is 45.9 Å². The number of benzene rings is 1. The molecule has 1 unspecified atom stereocenters. The summed E-state index contributed by atoms with van der Waals surface area (Å²) in [6.07, 6.45) is -2.14. The first-order chi connectivity index (χ1) is 25.1. The molecule has 0 bridgehead atoms. The molecule has 3 aromatic rings. The monoisotopic (exact) mass is 755 g/mol. The zero-order chi connectivity index (χ0) is 38.5. The summed E-state index contributed by atoms with van der Waals surface area (Å²) in [6.45, 7) is 8.53. The molecule has 0 amide bonds. The van der Waals surface area contributed by atoms with Crippen LogP contribution in [0.5, 0.6) is 5.75 Å². The lowest BCUT2D eigenvalue weighted by atomic mass is 9.95. The second-order valence-corrected chi connectivity index (χ2v) is 15.5. The SMILES string of the molecule is CC(C)C(=O)O[C@H]1[C@H](c2ccc3c(N)ncnn23)O[C@](C#N)(COP(=O)(N[C@@H](C)C(=O)OC2CCN(C)CC2)Oc2ccccc2)[C@H]1OC(=O)C(C)C. The van der Waals surface area contributed by atoms with Crippen molar-refractivity contribution in [2.45, 2.75) is 83.5 Å². The van der Waals surface area contributed by atoms with Crippen molar-refractivity contribution in [3.05, 3.63) is 54.5 Å². The van der Waals surface area contributed by atoms with Gasteiger partial charge in [0.2, 0.25) is 5.60 Å². The van der Waals surface area contributed by atoms with Crippen LogP contribution in [0.2, 0.25) is 0 Å². The minimum Gasteiger partial charge on any atom is -0.461 e. The Balaban J connectivity index is 1.51. The fourth-order valence-corrected chi connectivity index (χ4v) is 7.33. The van der Waals surface area contributed by atoms with E-state index < -0.39 is 74.1 Å². The van der Waals surface area contributed by atoms with E-state index in [1.54, 1.807) is 58.0 Å². The molecule has 3 N–H and O–H groups in total. The third-order valence-electron chi connectivity index (χ3n) is 8.90. The average molecular weight is 756 g/mol. The Morgan fingerprint density at radius 1 is 1.02 bits per heavy atom. The highest BCUT2D eigenvalue weighted by molar-refractivity contribution is 7.52. The summed E-state index contributed by atoms with van der Waals surface area (Å²) in [4.78, 5) is 45.7. The third-order valence-corrected chi connectivity index (χ3v) is 10.5. The number of esters is 3. The Morgan fingerprint density at radius 3 is 2.32 bits per heavy atom. The maximum absolute atomic E-state index is 14.6. The number of ether oxygens (including phenoxy) is 4. The van der Waals surface area contributed by atoms with Crippen LogP contribution in [0.1, 0.15) is 59.3 Å². The summed E-state index contributed by atoms with van der Waals surface area (Å²) in [5, 5.41) is 17.8. The third kappa shape index (κ3) is 9.14. The van der Waals surface area contributed by atoms with Crippen LogP contribution in [0.15, 0.2) is 48.8 Å². The normalized spacial score (nSPS) is 24.0. The number of fused-ring (bicyclic) bond motifs is 1. The predicted molar refractivity (Wildman–Crippen MR) is 189 cm³/mol. The highest BCUT2D eigenvalue weighted by atomic mass is 31.2. The number of nitrogens with two attached hydrogens (primary N) is 1. The molecule has 53 heavy (non-hydrogen) atoms. The van der Waals surface area contributed by atoms with Gasteiger partial charge in [-0.15, -0.1) is 0 Å². The van der Waals surface area contributed by atoms with Crippen molar-refractivity contribution in [1.29, 1.82) is 5.26 Å². The molecular formula is C35H46N7O10P. The molecule has 2 aromatic heterocycles. The van der Waals surface area contributed by atoms with E-state index in [1.807, 2.05) is 13.1 Å². The van der Waals surface area contributed by atoms with Crippen molar-refractivity contribution in [2.24, 2.45) is 11.8 Å². The van der Waals surface area contributed by atoms with Crippen molar-refractivity contribution < 1.29 is 46.9 Å². The Labute approximate surface area is 307 Å². The molecule has 2 saturated heterocycles. The lowest BCUT2D eigenvalue weighted by Gasteiger charge is -2.31. The standard InChI is InChI=1S/C35H46N7O10P/c1-21(2)32(43)49-29-28(26-12-13-27-31(37)38-20-39-42(26)27)51-35(18-36,30(29)50-33(44)22(3)4)19-47-53(46,52-25-10-8-7-9-11-25)40-23(5)34(45)48-24-14-16-41(6)17-15-24/h7-13,20-24,28-30H,14-17,19H2,1-6H3,(H,40,46)(H2,37,38,39)/t23-,28-,29-,30-,35+,53?/m0/s1. The number of carbonyl (C=O) groups excluding carboxylic acids is 3. The molecule has 2 aliphatic rings. The number of piperidine rings is 1. The number of carbonyl (C=O) groups is 3. The number of likely N-dealkylation sites (tertiary alicyclic amines) is 1. The van der Waals surface area contributed by atoms with E-state index >= 15 is 0 Å². The number of nitrogens with one attached hydrogen (secondary N) is 1. The fourth-order valence-electron chi connectivity index (χ4n) is 5.81. The van der Waals surface area contributed by atoms with Crippen molar-refractivity contribution >= 4 is 37.0 Å². The van der Waals surface area contributed by atoms with Crippen LogP contribution in [-0.2, 0) is 42.4 Å². The highest BCUT2D eigenvalue weighted by Crippen LogP contribution is 2.50. The van der Waals surface area contributed by atoms with Gasteiger partial charge >= 0.3 is 25.7 Å². The molecule has 0 spiro atoms. The summed E-state index contributed by atoms with van der Waals surface area (Å²) in [5.41, 5.74) is 4.50. The molecule has 4 heterocycles. The number of aromatic nitrogens is 3. The first-order valence-electron chi connectivity index (χ1n) is 17.4. The Bertz CT molecular complexity index is 1860. The van der Waals surface area contributed by atoms with E-state index in [2.05, 4.69) is 20.1 Å². The number of hydrogen-bond acceptors (Lipinski definition) is 15. The van der Waals surface area contributed by atoms with Gasteiger partial charge in [0.1, 0.15) is 48.5 Å². The van der Waals surface area contributed by atoms with Gasteiger partial charge in [-0.25, -0.2) is 14.1 Å². The molecule has 1 aromatic carbocycles. The number of anilines is 1. The van der Waals surface area contributed by atoms with E-state index in [4.69, 9.17) is 33.7 Å². The summed E-state index contributed by atoms with van der Waals surface area (Å²) < 4.78 is 51.7. The van der Waals surface area contributed by atoms with Crippen LogP contribution >= 0.6 is 7.75 Å². The molecule has 0 aliphatic carbocycles. The quantitative estimate of drug-likeness (QED) is 0.136. The van der Waals surface area contributed by atoms with Gasteiger partial charge < -0.3 is 34.1 Å². The van der Waals surface area contributed by atoms with Gasteiger partial charge in [-0.05, 0) is 51.1 Å². The van der Waals surface area contributed by atoms with Crippen molar-refractivity contribution in [2.75, 3.05) is 32.5 Å². The Hall–Kier alpha value is -4.59. The van der Waals surface area contributed by atoms with E-state index in [0.29, 0.717) is 18.4 Å². The number of rotatable bonds is 14. The van der Waals surface area contributed by atoms with Crippen molar-refractivity contribution in [1.82, 2.24) is 24.6 Å². The first-order valence-corrected chi connectivity index (χ1v) is 18.9. The zero-order valence-corrected chi connectivity index (χ0v) is 31.4. The van der Waals surface area contributed by atoms with Crippen LogP contribution in [0, 0.1) is 23.2 Å². The summed E-state index contributed by atoms with van der Waals surface area (Å²) in [7, 11) is -2.59. The molecule has 2 fully saturated rings. The first kappa shape index (κ1) is 39.6. The molecule has 0 saturated carbocycles. The van der Waals surface area contributed by atoms with E-state index in [1.165, 1.54) is 29.9 Å². The van der Waals surface area contributed by atoms with E-state index in [9.17, 15) is 24.2 Å². The minimum absolute atomic E-state index is 0.124. The lowest BCUT2D eigenvalue weighted by Crippen LogP contribution is -2.50. The van der Waals surface area contributed by atoms with Crippen LogP contribution in [0.4, 0.5) is 5.82 Å². The van der Waals surface area contributed by atoms with Gasteiger partial charge in [0, 0.05) is 13.1 Å². The van der Waals surface area contributed by atoms with Crippen LogP contribution in [-0.4, -0.2) is 94.1 Å². The molecular weight excluding hydrogens is 709 g/mol. The van der Waals surface area contributed by atoms with Crippen molar-refractivity contribution in [3.63, 3.8) is 0 Å². The molecule has 6 atom stereocenters. The Morgan fingerprint density at radius 2 is 1.68 bits per heavy atom. The summed E-state index contributed by atoms with van der Waals surface area (Å²) in [5.74, 6) is -3.10. The molecule has 17 nitrogen and oxygen atoms in total. The highest BCUT2D eigenvalue weighted by Gasteiger charge is 2.62. The molecule has 2 aliphatic heterocycles. The van der Waals surface area contributed by atoms with E-state index in [0.717, 1.165) is 13.1 Å². The van der Waals surface area contributed by atoms with Gasteiger partial charge in [0.15, 0.2) is 18.0 Å². The Kier molecular flexibility index (Phi) is 12.4. The summed E-state index contributed by atoms with van der Waals surface area (Å²) >= 11 is 0. The lowest BCUT2D eigenvalue weighted by molar-refractivity contribution is -0.173. The molecule has 18 heteroatoms. The number of nitriles is 1.